The van der Waals surface area contributed by atoms with E-state index in [1.54, 1.807) is 23.7 Å². The zero-order chi connectivity index (χ0) is 26.4. The zero-order valence-electron chi connectivity index (χ0n) is 20.1. The molecule has 0 aliphatic heterocycles. The molecule has 37 heavy (non-hydrogen) atoms. The first-order valence-corrected chi connectivity index (χ1v) is 12.4. The summed E-state index contributed by atoms with van der Waals surface area (Å²) < 4.78 is 58.7. The molecule has 5 nitrogen and oxygen atoms in total. The monoisotopic (exact) mass is 528 g/mol. The third kappa shape index (κ3) is 6.45. The zero-order valence-corrected chi connectivity index (χ0v) is 20.9. The molecule has 192 valence electrons. The van der Waals surface area contributed by atoms with Gasteiger partial charge < -0.3 is 9.64 Å². The number of thiazole rings is 1. The number of alkyl halides is 2. The van der Waals surface area contributed by atoms with Gasteiger partial charge in [-0.1, -0.05) is 12.1 Å². The number of ether oxygens (including phenoxy) is 1. The topological polar surface area (TPSA) is 42.1 Å². The largest absolute Gasteiger partial charge is 0.435 e. The van der Waals surface area contributed by atoms with Crippen LogP contribution in [0.25, 0.3) is 11.3 Å². The highest BCUT2D eigenvalue weighted by Gasteiger charge is 2.11. The van der Waals surface area contributed by atoms with Gasteiger partial charge in [-0.05, 0) is 67.9 Å². The van der Waals surface area contributed by atoms with Gasteiger partial charge in [-0.2, -0.15) is 13.9 Å². The maximum Gasteiger partial charge on any atom is 0.387 e. The van der Waals surface area contributed by atoms with Gasteiger partial charge in [-0.15, -0.1) is 11.3 Å². The second-order valence-corrected chi connectivity index (χ2v) is 8.67. The lowest BCUT2D eigenvalue weighted by molar-refractivity contribution is -0.0498. The minimum Gasteiger partial charge on any atom is -0.435 e. The molecular weight excluding hydrogens is 504 g/mol. The van der Waals surface area contributed by atoms with Gasteiger partial charge in [0.05, 0.1) is 11.9 Å². The number of benzene rings is 3. The highest BCUT2D eigenvalue weighted by Crippen LogP contribution is 2.25. The molecular formula is C27H24F4N4OS. The second-order valence-electron chi connectivity index (χ2n) is 7.83. The van der Waals surface area contributed by atoms with Gasteiger partial charge in [0.25, 0.3) is 0 Å². The van der Waals surface area contributed by atoms with Gasteiger partial charge in [0, 0.05) is 35.8 Å². The van der Waals surface area contributed by atoms with Gasteiger partial charge in [0.2, 0.25) is 4.80 Å². The summed E-state index contributed by atoms with van der Waals surface area (Å²) in [5.74, 6) is -1.48. The van der Waals surface area contributed by atoms with Crippen LogP contribution in [0.3, 0.4) is 0 Å². The molecule has 0 atom stereocenters. The Morgan fingerprint density at radius 3 is 2.30 bits per heavy atom. The summed E-state index contributed by atoms with van der Waals surface area (Å²) in [5, 5.41) is 6.36. The van der Waals surface area contributed by atoms with E-state index >= 15 is 0 Å². The van der Waals surface area contributed by atoms with Gasteiger partial charge in [0.1, 0.15) is 17.3 Å². The van der Waals surface area contributed by atoms with Crippen LogP contribution in [0.2, 0.25) is 0 Å². The van der Waals surface area contributed by atoms with E-state index in [4.69, 9.17) is 0 Å². The Morgan fingerprint density at radius 2 is 1.68 bits per heavy atom. The van der Waals surface area contributed by atoms with Crippen LogP contribution in [0.15, 0.2) is 82.2 Å². The van der Waals surface area contributed by atoms with Crippen molar-refractivity contribution in [2.75, 3.05) is 18.0 Å². The van der Waals surface area contributed by atoms with E-state index < -0.39 is 18.2 Å². The summed E-state index contributed by atoms with van der Waals surface area (Å²) in [6, 6.07) is 17.1. The predicted molar refractivity (Wildman–Crippen MR) is 139 cm³/mol. The van der Waals surface area contributed by atoms with Crippen LogP contribution in [0.1, 0.15) is 19.4 Å². The number of hydrogen-bond acceptors (Lipinski definition) is 5. The van der Waals surface area contributed by atoms with Crippen LogP contribution in [-0.4, -0.2) is 30.6 Å². The van der Waals surface area contributed by atoms with Crippen molar-refractivity contribution in [2.24, 2.45) is 10.1 Å². The van der Waals surface area contributed by atoms with Crippen molar-refractivity contribution in [1.82, 2.24) is 4.68 Å². The number of halogens is 4. The molecule has 1 heterocycles. The predicted octanol–water partition coefficient (Wildman–Crippen LogP) is 7.06. The van der Waals surface area contributed by atoms with E-state index in [9.17, 15) is 17.6 Å². The van der Waals surface area contributed by atoms with Crippen molar-refractivity contribution in [1.29, 1.82) is 0 Å². The molecule has 1 aromatic heterocycles. The molecule has 0 saturated heterocycles. The molecule has 3 aromatic carbocycles. The van der Waals surface area contributed by atoms with Crippen LogP contribution < -0.4 is 14.4 Å². The van der Waals surface area contributed by atoms with E-state index in [-0.39, 0.29) is 11.4 Å². The van der Waals surface area contributed by atoms with Crippen LogP contribution >= 0.6 is 11.3 Å². The van der Waals surface area contributed by atoms with Crippen LogP contribution in [0, 0.1) is 11.6 Å². The summed E-state index contributed by atoms with van der Waals surface area (Å²) >= 11 is 1.21. The Balaban J connectivity index is 1.75. The lowest BCUT2D eigenvalue weighted by Crippen LogP contribution is -2.21. The summed E-state index contributed by atoms with van der Waals surface area (Å²) in [7, 11) is 0. The lowest BCUT2D eigenvalue weighted by atomic mass is 10.2. The highest BCUT2D eigenvalue weighted by molar-refractivity contribution is 7.07. The minimum atomic E-state index is -2.93. The third-order valence-electron chi connectivity index (χ3n) is 5.53. The van der Waals surface area contributed by atoms with Gasteiger partial charge in [0.15, 0.2) is 5.82 Å². The van der Waals surface area contributed by atoms with Crippen molar-refractivity contribution < 1.29 is 22.3 Å². The van der Waals surface area contributed by atoms with E-state index in [0.29, 0.717) is 16.1 Å². The molecule has 0 spiro atoms. The van der Waals surface area contributed by atoms with Crippen LogP contribution in [0.4, 0.5) is 28.9 Å². The van der Waals surface area contributed by atoms with Crippen molar-refractivity contribution in [2.45, 2.75) is 20.5 Å². The van der Waals surface area contributed by atoms with E-state index in [0.717, 1.165) is 36.5 Å². The van der Waals surface area contributed by atoms with Crippen molar-refractivity contribution in [3.05, 3.63) is 94.1 Å². The molecule has 0 fully saturated rings. The number of hydrogen-bond donors (Lipinski definition) is 0. The molecule has 0 bridgehead atoms. The SMILES string of the molecule is CCN(CC)c1ccc(/C=N\n2c(-c3ccc(OC(F)F)cc3)csc2=Nc2ccc(F)cc2F)cc1. The number of aromatic nitrogens is 1. The van der Waals surface area contributed by atoms with E-state index in [1.807, 2.05) is 24.3 Å². The normalized spacial score (nSPS) is 12.0. The molecule has 0 aliphatic rings. The molecule has 0 aliphatic carbocycles. The number of nitrogens with zero attached hydrogens (tertiary/aromatic N) is 4. The van der Waals surface area contributed by atoms with Crippen molar-refractivity contribution in [3.8, 4) is 17.0 Å². The summed E-state index contributed by atoms with van der Waals surface area (Å²) in [5.41, 5.74) is 3.15. The van der Waals surface area contributed by atoms with Gasteiger partial charge in [-0.25, -0.2) is 18.4 Å². The van der Waals surface area contributed by atoms with Gasteiger partial charge in [-0.3, -0.25) is 0 Å². The fourth-order valence-electron chi connectivity index (χ4n) is 3.65. The number of rotatable bonds is 9. The Hall–Kier alpha value is -3.92. The fraction of sp³-hybridized carbons (Fsp3) is 0.185. The quantitative estimate of drug-likeness (QED) is 0.172. The van der Waals surface area contributed by atoms with Crippen LogP contribution in [0.5, 0.6) is 5.75 Å². The molecule has 0 amide bonds. The first-order valence-electron chi connectivity index (χ1n) is 11.5. The summed E-state index contributed by atoms with van der Waals surface area (Å²) in [6.07, 6.45) is 1.65. The first kappa shape index (κ1) is 26.2. The molecule has 0 N–H and O–H groups in total. The average molecular weight is 529 g/mol. The maximum atomic E-state index is 14.3. The Kier molecular flexibility index (Phi) is 8.39. The molecule has 0 unspecified atom stereocenters. The van der Waals surface area contributed by atoms with Gasteiger partial charge >= 0.3 is 6.61 Å². The molecule has 4 aromatic rings. The smallest absolute Gasteiger partial charge is 0.387 e. The highest BCUT2D eigenvalue weighted by atomic mass is 32.1. The average Bonchev–Trinajstić information content (AvgIpc) is 3.28. The fourth-order valence-corrected chi connectivity index (χ4v) is 4.50. The number of anilines is 1. The summed E-state index contributed by atoms with van der Waals surface area (Å²) in [6.45, 7) is 3.04. The minimum absolute atomic E-state index is 0.0237. The summed E-state index contributed by atoms with van der Waals surface area (Å²) in [4.78, 5) is 6.91. The first-order chi connectivity index (χ1) is 17.9. The van der Waals surface area contributed by atoms with Crippen LogP contribution in [-0.2, 0) is 0 Å². The second kappa shape index (κ2) is 11.9. The molecule has 10 heteroatoms. The standard InChI is InChI=1S/C27H24F4N4OS/c1-3-34(4-2)21-10-5-18(6-11-21)16-32-35-25(19-7-12-22(13-8-19)36-26(30)31)17-37-27(35)33-24-14-9-20(28)15-23(24)29/h5-17,26H,3-4H2,1-2H3/b32-16-,33-27?. The Morgan fingerprint density at radius 1 is 0.973 bits per heavy atom. The van der Waals surface area contributed by atoms with Crippen molar-refractivity contribution in [3.63, 3.8) is 0 Å². The van der Waals surface area contributed by atoms with E-state index in [2.05, 4.69) is 33.6 Å². The molecule has 4 rings (SSSR count). The van der Waals surface area contributed by atoms with Crippen molar-refractivity contribution >= 4 is 28.9 Å². The Bertz CT molecular complexity index is 1430. The molecule has 0 radical (unpaired) electrons. The Labute approximate surface area is 215 Å². The maximum absolute atomic E-state index is 14.3. The third-order valence-corrected chi connectivity index (χ3v) is 6.35. The lowest BCUT2D eigenvalue weighted by Gasteiger charge is -2.20. The molecule has 0 saturated carbocycles. The van der Waals surface area contributed by atoms with E-state index in [1.165, 1.54) is 34.2 Å².